The molecule has 1 aliphatic heterocycles. The van der Waals surface area contributed by atoms with E-state index in [0.29, 0.717) is 13.2 Å². The molecule has 5 heteroatoms. The van der Waals surface area contributed by atoms with Gasteiger partial charge in [-0.2, -0.15) is 0 Å². The molecule has 0 radical (unpaired) electrons. The van der Waals surface area contributed by atoms with Crippen LogP contribution in [0.1, 0.15) is 18.4 Å². The molecule has 2 rings (SSSR count). The number of ether oxygens (including phenoxy) is 1. The number of hydrogen-bond donors (Lipinski definition) is 2. The van der Waals surface area contributed by atoms with Gasteiger partial charge in [-0.25, -0.2) is 0 Å². The van der Waals surface area contributed by atoms with Crippen LogP contribution in [0.4, 0.5) is 0 Å². The number of rotatable bonds is 6. The normalized spacial score (nSPS) is 17.1. The highest BCUT2D eigenvalue weighted by Gasteiger charge is 2.29. The maximum absolute atomic E-state index is 11.9. The maximum Gasteiger partial charge on any atom is 0.308 e. The quantitative estimate of drug-likeness (QED) is 0.832. The van der Waals surface area contributed by atoms with Crippen molar-refractivity contribution in [2.75, 3.05) is 19.8 Å². The first-order chi connectivity index (χ1) is 10.2. The molecule has 21 heavy (non-hydrogen) atoms. The highest BCUT2D eigenvalue weighted by Crippen LogP contribution is 2.23. The van der Waals surface area contributed by atoms with E-state index >= 15 is 0 Å². The van der Waals surface area contributed by atoms with Crippen LogP contribution in [0.25, 0.3) is 0 Å². The third kappa shape index (κ3) is 4.86. The van der Waals surface area contributed by atoms with Gasteiger partial charge in [-0.15, -0.1) is 0 Å². The first kappa shape index (κ1) is 15.5. The molecule has 0 aliphatic carbocycles. The molecule has 2 N–H and O–H groups in total. The van der Waals surface area contributed by atoms with Gasteiger partial charge in [0.2, 0.25) is 5.91 Å². The molecule has 0 spiro atoms. The van der Waals surface area contributed by atoms with Crippen LogP contribution in [-0.4, -0.2) is 36.7 Å². The van der Waals surface area contributed by atoms with Crippen LogP contribution in [0.5, 0.6) is 0 Å². The molecule has 1 amide bonds. The van der Waals surface area contributed by atoms with E-state index in [-0.39, 0.29) is 24.8 Å². The lowest BCUT2D eigenvalue weighted by Gasteiger charge is -2.27. The molecule has 114 valence electrons. The average molecular weight is 291 g/mol. The standard InChI is InChI=1S/C16H21NO4/c18-15(10-12-4-2-1-3-5-12)17-11-14(16(19)20)13-6-8-21-9-7-13/h1-5,13-14H,6-11H2,(H,17,18)(H,19,20). The lowest BCUT2D eigenvalue weighted by Crippen LogP contribution is -2.39. The number of carboxylic acid groups (broad SMARTS) is 1. The highest BCUT2D eigenvalue weighted by atomic mass is 16.5. The van der Waals surface area contributed by atoms with Crippen molar-refractivity contribution in [1.82, 2.24) is 5.32 Å². The van der Waals surface area contributed by atoms with E-state index in [1.807, 2.05) is 30.3 Å². The molecular weight excluding hydrogens is 270 g/mol. The lowest BCUT2D eigenvalue weighted by atomic mass is 9.86. The molecule has 1 aromatic rings. The van der Waals surface area contributed by atoms with Gasteiger partial charge in [-0.1, -0.05) is 30.3 Å². The Morgan fingerprint density at radius 1 is 1.24 bits per heavy atom. The van der Waals surface area contributed by atoms with E-state index in [4.69, 9.17) is 4.74 Å². The van der Waals surface area contributed by atoms with Gasteiger partial charge in [-0.05, 0) is 24.3 Å². The van der Waals surface area contributed by atoms with E-state index in [1.165, 1.54) is 0 Å². The Morgan fingerprint density at radius 3 is 2.52 bits per heavy atom. The second-order valence-electron chi connectivity index (χ2n) is 5.36. The van der Waals surface area contributed by atoms with Crippen molar-refractivity contribution in [2.24, 2.45) is 11.8 Å². The van der Waals surface area contributed by atoms with Crippen molar-refractivity contribution in [1.29, 1.82) is 0 Å². The van der Waals surface area contributed by atoms with Crippen molar-refractivity contribution in [3.63, 3.8) is 0 Å². The Hall–Kier alpha value is -1.88. The molecule has 0 aromatic heterocycles. The van der Waals surface area contributed by atoms with E-state index in [2.05, 4.69) is 5.32 Å². The Morgan fingerprint density at radius 2 is 1.90 bits per heavy atom. The summed E-state index contributed by atoms with van der Waals surface area (Å²) >= 11 is 0. The van der Waals surface area contributed by atoms with Crippen molar-refractivity contribution >= 4 is 11.9 Å². The third-order valence-corrected chi connectivity index (χ3v) is 3.88. The summed E-state index contributed by atoms with van der Waals surface area (Å²) in [5, 5.41) is 12.1. The zero-order chi connectivity index (χ0) is 15.1. The zero-order valence-electron chi connectivity index (χ0n) is 12.0. The van der Waals surface area contributed by atoms with Crippen LogP contribution >= 0.6 is 0 Å². The number of benzene rings is 1. The molecule has 1 fully saturated rings. The maximum atomic E-state index is 11.9. The molecule has 1 unspecified atom stereocenters. The number of carbonyl (C=O) groups excluding carboxylic acids is 1. The first-order valence-electron chi connectivity index (χ1n) is 7.28. The summed E-state index contributed by atoms with van der Waals surface area (Å²) in [7, 11) is 0. The number of amides is 1. The molecule has 1 aliphatic rings. The minimum absolute atomic E-state index is 0.0771. The summed E-state index contributed by atoms with van der Waals surface area (Å²) in [6.07, 6.45) is 1.76. The molecule has 1 aromatic carbocycles. The molecule has 1 saturated heterocycles. The number of hydrogen-bond acceptors (Lipinski definition) is 3. The summed E-state index contributed by atoms with van der Waals surface area (Å²) in [6, 6.07) is 9.42. The SMILES string of the molecule is O=C(Cc1ccccc1)NCC(C(=O)O)C1CCOCC1. The molecule has 0 saturated carbocycles. The minimum Gasteiger partial charge on any atom is -0.481 e. The van der Waals surface area contributed by atoms with Gasteiger partial charge in [0.15, 0.2) is 0 Å². The Bertz CT molecular complexity index is 468. The molecule has 1 heterocycles. The van der Waals surface area contributed by atoms with Crippen LogP contribution in [0.3, 0.4) is 0 Å². The van der Waals surface area contributed by atoms with Gasteiger partial charge in [-0.3, -0.25) is 9.59 Å². The van der Waals surface area contributed by atoms with Crippen LogP contribution in [0.15, 0.2) is 30.3 Å². The average Bonchev–Trinajstić information content (AvgIpc) is 2.49. The Balaban J connectivity index is 1.83. The fraction of sp³-hybridized carbons (Fsp3) is 0.500. The van der Waals surface area contributed by atoms with Crippen molar-refractivity contribution < 1.29 is 19.4 Å². The van der Waals surface area contributed by atoms with Crippen LogP contribution in [0.2, 0.25) is 0 Å². The summed E-state index contributed by atoms with van der Waals surface area (Å²) < 4.78 is 5.25. The minimum atomic E-state index is -0.845. The summed E-state index contributed by atoms with van der Waals surface area (Å²) in [5.74, 6) is -1.44. The van der Waals surface area contributed by atoms with Gasteiger partial charge < -0.3 is 15.2 Å². The van der Waals surface area contributed by atoms with Gasteiger partial charge in [0, 0.05) is 19.8 Å². The second kappa shape index (κ2) is 7.78. The molecule has 0 bridgehead atoms. The molecular formula is C16H21NO4. The second-order valence-corrected chi connectivity index (χ2v) is 5.36. The number of carboxylic acids is 1. The first-order valence-corrected chi connectivity index (χ1v) is 7.28. The molecule has 5 nitrogen and oxygen atoms in total. The summed E-state index contributed by atoms with van der Waals surface area (Å²) in [6.45, 7) is 1.39. The number of aliphatic carboxylic acids is 1. The van der Waals surface area contributed by atoms with Crippen LogP contribution < -0.4 is 5.32 Å². The summed E-state index contributed by atoms with van der Waals surface area (Å²) in [4.78, 5) is 23.3. The van der Waals surface area contributed by atoms with Crippen molar-refractivity contribution in [3.8, 4) is 0 Å². The topological polar surface area (TPSA) is 75.6 Å². The summed E-state index contributed by atoms with van der Waals surface area (Å²) in [5.41, 5.74) is 0.924. The van der Waals surface area contributed by atoms with Gasteiger partial charge >= 0.3 is 5.97 Å². The van der Waals surface area contributed by atoms with Crippen LogP contribution in [-0.2, 0) is 20.7 Å². The fourth-order valence-electron chi connectivity index (χ4n) is 2.64. The predicted molar refractivity (Wildman–Crippen MR) is 77.8 cm³/mol. The molecule has 1 atom stereocenters. The van der Waals surface area contributed by atoms with E-state index in [0.717, 1.165) is 18.4 Å². The smallest absolute Gasteiger partial charge is 0.308 e. The fourth-order valence-corrected chi connectivity index (χ4v) is 2.64. The lowest BCUT2D eigenvalue weighted by molar-refractivity contribution is -0.144. The Labute approximate surface area is 124 Å². The van der Waals surface area contributed by atoms with E-state index in [1.54, 1.807) is 0 Å². The van der Waals surface area contributed by atoms with Gasteiger partial charge in [0.05, 0.1) is 12.3 Å². The van der Waals surface area contributed by atoms with E-state index in [9.17, 15) is 14.7 Å². The Kier molecular flexibility index (Phi) is 5.75. The number of nitrogens with one attached hydrogen (secondary N) is 1. The van der Waals surface area contributed by atoms with Crippen molar-refractivity contribution in [3.05, 3.63) is 35.9 Å². The number of carbonyl (C=O) groups is 2. The van der Waals surface area contributed by atoms with E-state index < -0.39 is 11.9 Å². The monoisotopic (exact) mass is 291 g/mol. The third-order valence-electron chi connectivity index (χ3n) is 3.88. The highest BCUT2D eigenvalue weighted by molar-refractivity contribution is 5.79. The largest absolute Gasteiger partial charge is 0.481 e. The zero-order valence-corrected chi connectivity index (χ0v) is 12.0. The predicted octanol–water partition coefficient (Wildman–Crippen LogP) is 1.47. The van der Waals surface area contributed by atoms with Crippen molar-refractivity contribution in [2.45, 2.75) is 19.3 Å². The van der Waals surface area contributed by atoms with Crippen LogP contribution in [0, 0.1) is 11.8 Å². The van der Waals surface area contributed by atoms with Gasteiger partial charge in [0.1, 0.15) is 0 Å². The van der Waals surface area contributed by atoms with Gasteiger partial charge in [0.25, 0.3) is 0 Å².